The zero-order chi connectivity index (χ0) is 25.4. The van der Waals surface area contributed by atoms with Crippen LogP contribution >= 0.6 is 0 Å². The van der Waals surface area contributed by atoms with E-state index in [2.05, 4.69) is 15.6 Å². The van der Waals surface area contributed by atoms with Gasteiger partial charge in [0.05, 0.1) is 18.2 Å². The Bertz CT molecular complexity index is 1210. The minimum atomic E-state index is -1.28. The summed E-state index contributed by atoms with van der Waals surface area (Å²) in [6, 6.07) is 3.64. The van der Waals surface area contributed by atoms with Crippen molar-refractivity contribution in [3.05, 3.63) is 35.8 Å². The SMILES string of the molecule is O=C1NCC[C@H]1C[C@H](NC(=O)[C@H]1N(C(=O)c2cc3c(F)cccc3[nH]2)CCOC12CCC2)C(=O)CF. The van der Waals surface area contributed by atoms with E-state index in [1.165, 1.54) is 23.1 Å². The molecule has 0 bridgehead atoms. The number of alkyl halides is 1. The van der Waals surface area contributed by atoms with Gasteiger partial charge in [-0.1, -0.05) is 6.07 Å². The summed E-state index contributed by atoms with van der Waals surface area (Å²) in [6.45, 7) is -0.488. The van der Waals surface area contributed by atoms with Gasteiger partial charge in [-0.15, -0.1) is 0 Å². The predicted octanol–water partition coefficient (Wildman–Crippen LogP) is 1.62. The van der Waals surface area contributed by atoms with Crippen molar-refractivity contribution in [2.45, 2.75) is 49.8 Å². The number of halogens is 2. The van der Waals surface area contributed by atoms with Crippen LogP contribution in [0, 0.1) is 11.7 Å². The van der Waals surface area contributed by atoms with Gasteiger partial charge in [0.25, 0.3) is 5.91 Å². The first-order valence-electron chi connectivity index (χ1n) is 12.2. The van der Waals surface area contributed by atoms with Gasteiger partial charge < -0.3 is 25.3 Å². The number of carbonyl (C=O) groups excluding carboxylic acids is 4. The number of nitrogens with zero attached hydrogens (tertiary/aromatic N) is 1. The number of H-pyrrole nitrogens is 1. The lowest BCUT2D eigenvalue weighted by atomic mass is 9.72. The Morgan fingerprint density at radius 3 is 2.72 bits per heavy atom. The van der Waals surface area contributed by atoms with Crippen LogP contribution in [0.25, 0.3) is 10.9 Å². The number of morpholine rings is 1. The molecule has 2 aliphatic heterocycles. The molecule has 3 N–H and O–H groups in total. The van der Waals surface area contributed by atoms with Gasteiger partial charge >= 0.3 is 0 Å². The van der Waals surface area contributed by atoms with Crippen LogP contribution in [0.5, 0.6) is 0 Å². The highest BCUT2D eigenvalue weighted by molar-refractivity contribution is 6.01. The molecule has 9 nitrogen and oxygen atoms in total. The highest BCUT2D eigenvalue weighted by Crippen LogP contribution is 2.43. The molecular formula is C25H28F2N4O5. The molecule has 3 amide bonds. The summed E-state index contributed by atoms with van der Waals surface area (Å²) in [4.78, 5) is 55.9. The summed E-state index contributed by atoms with van der Waals surface area (Å²) in [5.41, 5.74) is -0.332. The van der Waals surface area contributed by atoms with Crippen LogP contribution in [0.2, 0.25) is 0 Å². The second-order valence-electron chi connectivity index (χ2n) is 9.73. The Labute approximate surface area is 205 Å². The Balaban J connectivity index is 1.42. The summed E-state index contributed by atoms with van der Waals surface area (Å²) < 4.78 is 33.6. The fourth-order valence-corrected chi connectivity index (χ4v) is 5.54. The molecule has 36 heavy (non-hydrogen) atoms. The molecule has 1 aromatic carbocycles. The number of ether oxygens (including phenoxy) is 1. The number of ketones is 1. The first-order chi connectivity index (χ1) is 17.3. The molecule has 11 heteroatoms. The van der Waals surface area contributed by atoms with Gasteiger partial charge in [-0.2, -0.15) is 0 Å². The zero-order valence-electron chi connectivity index (χ0n) is 19.6. The van der Waals surface area contributed by atoms with Gasteiger partial charge in [0.15, 0.2) is 5.78 Å². The molecule has 3 aliphatic rings. The van der Waals surface area contributed by atoms with Gasteiger partial charge in [-0.05, 0) is 50.3 Å². The minimum absolute atomic E-state index is 0.0177. The van der Waals surface area contributed by atoms with Crippen molar-refractivity contribution in [1.82, 2.24) is 20.5 Å². The van der Waals surface area contributed by atoms with Gasteiger partial charge in [0, 0.05) is 29.9 Å². The van der Waals surface area contributed by atoms with Crippen LogP contribution in [0.1, 0.15) is 42.6 Å². The monoisotopic (exact) mass is 502 g/mol. The second-order valence-corrected chi connectivity index (χ2v) is 9.73. The predicted molar refractivity (Wildman–Crippen MR) is 124 cm³/mol. The average molecular weight is 503 g/mol. The highest BCUT2D eigenvalue weighted by Gasteiger charge is 2.55. The maximum atomic E-state index is 14.2. The Morgan fingerprint density at radius 2 is 2.08 bits per heavy atom. The molecule has 0 radical (unpaired) electrons. The Hall–Kier alpha value is -3.34. The standard InChI is InChI=1S/C25H28F2N4O5/c26-13-20(32)18(11-14-5-8-28-22(14)33)30-23(34)21-25(6-2-7-25)36-10-9-31(21)24(35)19-12-15-16(27)3-1-4-17(15)29-19/h1,3-4,12,14,18,21,29H,2,5-11,13H2,(H,28,33)(H,30,34)/t14-,18-,21+/m0/s1. The minimum Gasteiger partial charge on any atom is -0.370 e. The molecule has 192 valence electrons. The third-order valence-corrected chi connectivity index (χ3v) is 7.60. The number of hydrogen-bond donors (Lipinski definition) is 3. The molecule has 1 saturated carbocycles. The first-order valence-corrected chi connectivity index (χ1v) is 12.2. The quantitative estimate of drug-likeness (QED) is 0.532. The molecule has 2 aromatic rings. The van der Waals surface area contributed by atoms with E-state index < -0.39 is 53.7 Å². The number of Topliss-reactive ketones (excluding diaryl/α,β-unsaturated/α-hetero) is 1. The summed E-state index contributed by atoms with van der Waals surface area (Å²) >= 11 is 0. The molecular weight excluding hydrogens is 474 g/mol. The van der Waals surface area contributed by atoms with Crippen molar-refractivity contribution in [3.8, 4) is 0 Å². The van der Waals surface area contributed by atoms with Crippen molar-refractivity contribution in [2.24, 2.45) is 5.92 Å². The largest absolute Gasteiger partial charge is 0.370 e. The maximum absolute atomic E-state index is 14.2. The number of nitrogens with one attached hydrogen (secondary N) is 3. The summed E-state index contributed by atoms with van der Waals surface area (Å²) in [7, 11) is 0. The van der Waals surface area contributed by atoms with Crippen molar-refractivity contribution >= 4 is 34.4 Å². The Kier molecular flexibility index (Phi) is 6.50. The van der Waals surface area contributed by atoms with Crippen LogP contribution in [0.4, 0.5) is 8.78 Å². The van der Waals surface area contributed by atoms with Crippen LogP contribution in [0.15, 0.2) is 24.3 Å². The number of aromatic nitrogens is 1. The zero-order valence-corrected chi connectivity index (χ0v) is 19.6. The van der Waals surface area contributed by atoms with Crippen LogP contribution in [-0.2, 0) is 19.1 Å². The van der Waals surface area contributed by atoms with E-state index >= 15 is 0 Å². The second kappa shape index (κ2) is 9.61. The maximum Gasteiger partial charge on any atom is 0.271 e. The summed E-state index contributed by atoms with van der Waals surface area (Å²) in [5.74, 6) is -3.17. The van der Waals surface area contributed by atoms with Crippen LogP contribution in [-0.4, -0.2) is 77.4 Å². The van der Waals surface area contributed by atoms with Crippen LogP contribution in [0.3, 0.4) is 0 Å². The lowest BCUT2D eigenvalue weighted by molar-refractivity contribution is -0.184. The van der Waals surface area contributed by atoms with E-state index in [9.17, 15) is 28.0 Å². The average Bonchev–Trinajstić information content (AvgIpc) is 3.48. The van der Waals surface area contributed by atoms with E-state index in [1.807, 2.05) is 0 Å². The van der Waals surface area contributed by atoms with Crippen LogP contribution < -0.4 is 10.6 Å². The summed E-state index contributed by atoms with van der Waals surface area (Å²) in [6.07, 6.45) is 2.36. The molecule has 3 heterocycles. The van der Waals surface area contributed by atoms with Gasteiger partial charge in [-0.3, -0.25) is 19.2 Å². The lowest BCUT2D eigenvalue weighted by Crippen LogP contribution is -2.69. The third-order valence-electron chi connectivity index (χ3n) is 7.60. The molecule has 5 rings (SSSR count). The smallest absolute Gasteiger partial charge is 0.271 e. The van der Waals surface area contributed by atoms with Crippen molar-refractivity contribution in [2.75, 3.05) is 26.4 Å². The number of rotatable bonds is 7. The number of aromatic amines is 1. The molecule has 1 aliphatic carbocycles. The molecule has 1 spiro atoms. The topological polar surface area (TPSA) is 121 Å². The van der Waals surface area contributed by atoms with Crippen molar-refractivity contribution in [3.63, 3.8) is 0 Å². The van der Waals surface area contributed by atoms with Crippen molar-refractivity contribution in [1.29, 1.82) is 0 Å². The van der Waals surface area contributed by atoms with Gasteiger partial charge in [0.1, 0.15) is 24.2 Å². The normalized spacial score (nSPS) is 23.8. The number of hydrogen-bond acceptors (Lipinski definition) is 5. The third kappa shape index (κ3) is 4.25. The molecule has 1 aromatic heterocycles. The van der Waals surface area contributed by atoms with E-state index in [1.54, 1.807) is 6.07 Å². The van der Waals surface area contributed by atoms with E-state index in [0.29, 0.717) is 31.3 Å². The van der Waals surface area contributed by atoms with Gasteiger partial charge in [0.2, 0.25) is 11.8 Å². The fraction of sp³-hybridized carbons (Fsp3) is 0.520. The number of fused-ring (bicyclic) bond motifs is 1. The van der Waals surface area contributed by atoms with E-state index in [4.69, 9.17) is 4.74 Å². The highest BCUT2D eigenvalue weighted by atomic mass is 19.1. The molecule has 2 saturated heterocycles. The molecule has 0 unspecified atom stereocenters. The van der Waals surface area contributed by atoms with Gasteiger partial charge in [-0.25, -0.2) is 8.78 Å². The molecule has 3 fully saturated rings. The van der Waals surface area contributed by atoms with E-state index in [0.717, 1.165) is 6.42 Å². The summed E-state index contributed by atoms with van der Waals surface area (Å²) in [5, 5.41) is 5.56. The first kappa shape index (κ1) is 24.4. The lowest BCUT2D eigenvalue weighted by Gasteiger charge is -2.53. The van der Waals surface area contributed by atoms with Crippen molar-refractivity contribution < 1.29 is 32.7 Å². The molecule has 3 atom stereocenters. The number of amides is 3. The number of benzene rings is 1. The fourth-order valence-electron chi connectivity index (χ4n) is 5.54. The van der Waals surface area contributed by atoms with E-state index in [-0.39, 0.29) is 36.6 Å². The Morgan fingerprint density at radius 1 is 1.28 bits per heavy atom. The number of carbonyl (C=O) groups is 4.